The number of halogens is 1. The third kappa shape index (κ3) is 6.27. The number of hydrogen-bond acceptors (Lipinski definition) is 8. The van der Waals surface area contributed by atoms with Gasteiger partial charge >= 0.3 is 0 Å². The molecule has 44 heavy (non-hydrogen) atoms. The highest BCUT2D eigenvalue weighted by atomic mass is 19.1. The second-order valence-electron chi connectivity index (χ2n) is 11.0. The summed E-state index contributed by atoms with van der Waals surface area (Å²) in [6.07, 6.45) is 9.20. The van der Waals surface area contributed by atoms with Crippen LogP contribution in [0, 0.1) is 5.82 Å². The highest BCUT2D eigenvalue weighted by Crippen LogP contribution is 2.36. The summed E-state index contributed by atoms with van der Waals surface area (Å²) in [4.78, 5) is 34.3. The second-order valence-corrected chi connectivity index (χ2v) is 11.0. The van der Waals surface area contributed by atoms with Gasteiger partial charge in [-0.3, -0.25) is 29.6 Å². The number of nitrogens with one attached hydrogen (secondary N) is 2. The standard InChI is InChI=1S/C32H37FN6O5/c1-42-31-25(33)6-2-7-26(31)36-39-27-10-12-35-32(41)24(27)19-28(39)23-9-11-34-20-29(23)44-21-22-5-3-14-38(22)30(40)8-4-13-37-15-17-43-18-16-37/h2,4,6-9,11,19-20,22,36H,3,5,10,12-18,21H2,1H3,(H,35,41)/b8-4+/t22-/m1/s1. The molecular formula is C32H37FN6O5. The molecule has 2 aromatic heterocycles. The molecule has 5 heterocycles. The zero-order valence-corrected chi connectivity index (χ0v) is 24.8. The number of rotatable bonds is 10. The number of pyridine rings is 1. The van der Waals surface area contributed by atoms with E-state index in [9.17, 15) is 14.0 Å². The Bertz CT molecular complexity index is 1540. The number of likely N-dealkylation sites (tertiary alicyclic amines) is 1. The molecule has 3 aromatic rings. The quantitative estimate of drug-likeness (QED) is 0.340. The lowest BCUT2D eigenvalue weighted by Gasteiger charge is -2.26. The first-order chi connectivity index (χ1) is 21.5. The zero-order valence-electron chi connectivity index (χ0n) is 24.8. The zero-order chi connectivity index (χ0) is 30.5. The smallest absolute Gasteiger partial charge is 0.253 e. The molecule has 232 valence electrons. The maximum Gasteiger partial charge on any atom is 0.253 e. The fraction of sp³-hybridized carbons (Fsp3) is 0.406. The SMILES string of the molecule is COc1c(F)cccc1Nn1c(-c2ccncc2OC[C@H]2CCCN2C(=O)/C=C/CN2CCOCC2)cc2c1CCNC2=O. The molecule has 0 unspecified atom stereocenters. The Morgan fingerprint density at radius 1 is 1.23 bits per heavy atom. The summed E-state index contributed by atoms with van der Waals surface area (Å²) < 4.78 is 33.4. The van der Waals surface area contributed by atoms with Crippen molar-refractivity contribution in [2.75, 3.05) is 65.1 Å². The number of nitrogens with zero attached hydrogens (tertiary/aromatic N) is 4. The fourth-order valence-corrected chi connectivity index (χ4v) is 6.01. The Labute approximate surface area is 255 Å². The van der Waals surface area contributed by atoms with Gasteiger partial charge < -0.3 is 24.4 Å². The number of hydrogen-bond donors (Lipinski definition) is 2. The predicted molar refractivity (Wildman–Crippen MR) is 162 cm³/mol. The molecule has 2 saturated heterocycles. The molecule has 1 aromatic carbocycles. The van der Waals surface area contributed by atoms with Crippen molar-refractivity contribution in [1.29, 1.82) is 0 Å². The molecular weight excluding hydrogens is 567 g/mol. The molecule has 0 aliphatic carbocycles. The van der Waals surface area contributed by atoms with Crippen LogP contribution in [0.25, 0.3) is 11.3 Å². The normalized spacial score (nSPS) is 18.7. The number of morpholine rings is 1. The molecule has 6 rings (SSSR count). The van der Waals surface area contributed by atoms with E-state index in [1.165, 1.54) is 13.2 Å². The van der Waals surface area contributed by atoms with Crippen LogP contribution in [0.15, 0.2) is 54.9 Å². The van der Waals surface area contributed by atoms with Gasteiger partial charge in [-0.05, 0) is 37.1 Å². The van der Waals surface area contributed by atoms with Crippen LogP contribution in [-0.4, -0.2) is 97.0 Å². The van der Waals surface area contributed by atoms with E-state index in [0.29, 0.717) is 54.4 Å². The Morgan fingerprint density at radius 2 is 2.09 bits per heavy atom. The highest BCUT2D eigenvalue weighted by molar-refractivity contribution is 5.98. The number of ether oxygens (including phenoxy) is 3. The monoisotopic (exact) mass is 604 g/mol. The molecule has 3 aliphatic rings. The van der Waals surface area contributed by atoms with E-state index in [-0.39, 0.29) is 23.6 Å². The molecule has 12 heteroatoms. The van der Waals surface area contributed by atoms with Crippen molar-refractivity contribution in [3.8, 4) is 22.8 Å². The van der Waals surface area contributed by atoms with Crippen molar-refractivity contribution in [3.63, 3.8) is 0 Å². The van der Waals surface area contributed by atoms with Gasteiger partial charge in [0.2, 0.25) is 5.91 Å². The first-order valence-corrected chi connectivity index (χ1v) is 15.0. The molecule has 2 amide bonds. The van der Waals surface area contributed by atoms with Crippen LogP contribution in [0.1, 0.15) is 28.9 Å². The first-order valence-electron chi connectivity index (χ1n) is 15.0. The van der Waals surface area contributed by atoms with Crippen molar-refractivity contribution in [3.05, 3.63) is 72.0 Å². The number of fused-ring (bicyclic) bond motifs is 1. The van der Waals surface area contributed by atoms with E-state index < -0.39 is 5.82 Å². The van der Waals surface area contributed by atoms with Gasteiger partial charge in [0.15, 0.2) is 11.6 Å². The van der Waals surface area contributed by atoms with Gasteiger partial charge in [-0.2, -0.15) is 0 Å². The fourth-order valence-electron chi connectivity index (χ4n) is 6.01. The number of benzene rings is 1. The van der Waals surface area contributed by atoms with Crippen LogP contribution in [0.3, 0.4) is 0 Å². The molecule has 1 atom stereocenters. The molecule has 0 radical (unpaired) electrons. The summed E-state index contributed by atoms with van der Waals surface area (Å²) in [5.74, 6) is -0.122. The summed E-state index contributed by atoms with van der Waals surface area (Å²) in [6.45, 7) is 5.36. The van der Waals surface area contributed by atoms with Crippen LogP contribution in [0.5, 0.6) is 11.5 Å². The number of amides is 2. The third-order valence-electron chi connectivity index (χ3n) is 8.28. The molecule has 0 saturated carbocycles. The Balaban J connectivity index is 1.22. The Hall–Kier alpha value is -4.42. The number of methoxy groups -OCH3 is 1. The van der Waals surface area contributed by atoms with E-state index in [0.717, 1.165) is 51.4 Å². The topological polar surface area (TPSA) is 110 Å². The van der Waals surface area contributed by atoms with Gasteiger partial charge in [0.05, 0.1) is 55.2 Å². The Morgan fingerprint density at radius 3 is 2.93 bits per heavy atom. The number of para-hydroxylation sites is 1. The second kappa shape index (κ2) is 13.5. The minimum absolute atomic E-state index is 0.0171. The van der Waals surface area contributed by atoms with Gasteiger partial charge in [-0.25, -0.2) is 4.39 Å². The van der Waals surface area contributed by atoms with E-state index in [1.54, 1.807) is 41.3 Å². The van der Waals surface area contributed by atoms with Gasteiger partial charge in [0, 0.05) is 57.0 Å². The van der Waals surface area contributed by atoms with Crippen molar-refractivity contribution in [2.45, 2.75) is 25.3 Å². The minimum atomic E-state index is -0.502. The van der Waals surface area contributed by atoms with Gasteiger partial charge in [0.25, 0.3) is 5.91 Å². The predicted octanol–water partition coefficient (Wildman–Crippen LogP) is 3.12. The maximum atomic E-state index is 14.6. The van der Waals surface area contributed by atoms with Crippen molar-refractivity contribution >= 4 is 17.5 Å². The van der Waals surface area contributed by atoms with Crippen LogP contribution < -0.4 is 20.2 Å². The van der Waals surface area contributed by atoms with Crippen LogP contribution in [0.2, 0.25) is 0 Å². The first kappa shape index (κ1) is 29.6. The number of anilines is 1. The van der Waals surface area contributed by atoms with E-state index >= 15 is 0 Å². The largest absolute Gasteiger partial charge is 0.492 e. The van der Waals surface area contributed by atoms with Gasteiger partial charge in [-0.15, -0.1) is 0 Å². The highest BCUT2D eigenvalue weighted by Gasteiger charge is 2.30. The van der Waals surface area contributed by atoms with Crippen LogP contribution in [0.4, 0.5) is 10.1 Å². The summed E-state index contributed by atoms with van der Waals surface area (Å²) in [5.41, 5.74) is 6.32. The molecule has 0 bridgehead atoms. The lowest BCUT2D eigenvalue weighted by atomic mass is 10.1. The number of aromatic nitrogens is 2. The third-order valence-corrected chi connectivity index (χ3v) is 8.28. The summed E-state index contributed by atoms with van der Waals surface area (Å²) in [6, 6.07) is 8.18. The van der Waals surface area contributed by atoms with Crippen molar-refractivity contribution in [1.82, 2.24) is 24.8 Å². The lowest BCUT2D eigenvalue weighted by molar-refractivity contribution is -0.127. The summed E-state index contributed by atoms with van der Waals surface area (Å²) in [7, 11) is 1.41. The molecule has 11 nitrogen and oxygen atoms in total. The summed E-state index contributed by atoms with van der Waals surface area (Å²) in [5, 5.41) is 2.89. The maximum absolute atomic E-state index is 14.6. The molecule has 2 N–H and O–H groups in total. The number of carbonyl (C=O) groups is 2. The minimum Gasteiger partial charge on any atom is -0.492 e. The van der Waals surface area contributed by atoms with Crippen molar-refractivity contribution < 1.29 is 28.2 Å². The van der Waals surface area contributed by atoms with Crippen LogP contribution in [-0.2, 0) is 16.0 Å². The van der Waals surface area contributed by atoms with E-state index in [1.807, 2.05) is 17.0 Å². The average Bonchev–Trinajstić information content (AvgIpc) is 3.67. The Kier molecular flexibility index (Phi) is 9.08. The average molecular weight is 605 g/mol. The molecule has 0 spiro atoms. The van der Waals surface area contributed by atoms with E-state index in [4.69, 9.17) is 14.2 Å². The van der Waals surface area contributed by atoms with Crippen LogP contribution >= 0.6 is 0 Å². The van der Waals surface area contributed by atoms with E-state index in [2.05, 4.69) is 20.6 Å². The van der Waals surface area contributed by atoms with Gasteiger partial charge in [0.1, 0.15) is 12.4 Å². The van der Waals surface area contributed by atoms with Gasteiger partial charge in [-0.1, -0.05) is 12.1 Å². The number of carbonyl (C=O) groups excluding carboxylic acids is 2. The molecule has 2 fully saturated rings. The lowest BCUT2D eigenvalue weighted by Crippen LogP contribution is -2.38. The molecule has 3 aliphatic heterocycles. The summed E-state index contributed by atoms with van der Waals surface area (Å²) >= 11 is 0. The van der Waals surface area contributed by atoms with Crippen molar-refractivity contribution in [2.24, 2.45) is 0 Å².